The molecule has 1 saturated heterocycles. The first kappa shape index (κ1) is 18.6. The molecule has 2 aromatic rings. The summed E-state index contributed by atoms with van der Waals surface area (Å²) in [5.74, 6) is 0.421. The summed E-state index contributed by atoms with van der Waals surface area (Å²) in [5, 5.41) is 9.08. The van der Waals surface area contributed by atoms with Crippen LogP contribution >= 0.6 is 0 Å². The van der Waals surface area contributed by atoms with Crippen LogP contribution in [0.1, 0.15) is 6.42 Å². The van der Waals surface area contributed by atoms with Crippen LogP contribution in [0.2, 0.25) is 0 Å². The quantitative estimate of drug-likeness (QED) is 0.550. The molecule has 27 heavy (non-hydrogen) atoms. The normalized spacial score (nSPS) is 16.9. The van der Waals surface area contributed by atoms with E-state index in [1.54, 1.807) is 19.3 Å². The second kappa shape index (κ2) is 8.98. The Labute approximate surface area is 157 Å². The number of amides is 1. The third-order valence-corrected chi connectivity index (χ3v) is 4.27. The SMILES string of the molecule is CN=C(NCC(=O)Nc1ccccc1)NC1CCN(c2ncccc2F)C1. The number of halogens is 1. The Morgan fingerprint density at radius 1 is 1.30 bits per heavy atom. The molecule has 1 amide bonds. The summed E-state index contributed by atoms with van der Waals surface area (Å²) in [7, 11) is 1.65. The molecule has 142 valence electrons. The van der Waals surface area contributed by atoms with Crippen LogP contribution in [-0.2, 0) is 4.79 Å². The highest BCUT2D eigenvalue weighted by Gasteiger charge is 2.26. The van der Waals surface area contributed by atoms with E-state index in [4.69, 9.17) is 0 Å². The van der Waals surface area contributed by atoms with Crippen LogP contribution in [0.5, 0.6) is 0 Å². The van der Waals surface area contributed by atoms with Gasteiger partial charge in [-0.2, -0.15) is 0 Å². The van der Waals surface area contributed by atoms with E-state index in [1.807, 2.05) is 35.2 Å². The number of carbonyl (C=O) groups excluding carboxylic acids is 1. The van der Waals surface area contributed by atoms with E-state index < -0.39 is 0 Å². The molecule has 0 bridgehead atoms. The number of guanidine groups is 1. The first-order valence-corrected chi connectivity index (χ1v) is 8.83. The van der Waals surface area contributed by atoms with Gasteiger partial charge in [-0.25, -0.2) is 9.37 Å². The van der Waals surface area contributed by atoms with E-state index in [0.29, 0.717) is 24.9 Å². The third-order valence-electron chi connectivity index (χ3n) is 4.27. The molecule has 8 heteroatoms. The average Bonchev–Trinajstić information content (AvgIpc) is 3.14. The molecule has 2 heterocycles. The van der Waals surface area contributed by atoms with E-state index >= 15 is 0 Å². The number of aliphatic imine (C=N–C) groups is 1. The van der Waals surface area contributed by atoms with Crippen LogP contribution in [0, 0.1) is 5.82 Å². The van der Waals surface area contributed by atoms with Gasteiger partial charge >= 0.3 is 0 Å². The topological polar surface area (TPSA) is 81.6 Å². The summed E-state index contributed by atoms with van der Waals surface area (Å²) in [6.45, 7) is 1.42. The fourth-order valence-corrected chi connectivity index (χ4v) is 2.96. The Hall–Kier alpha value is -3.16. The van der Waals surface area contributed by atoms with Crippen LogP contribution < -0.4 is 20.9 Å². The van der Waals surface area contributed by atoms with Gasteiger partial charge in [0.25, 0.3) is 0 Å². The standard InChI is InChI=1S/C19H23FN6O/c1-21-19(23-12-17(27)24-14-6-3-2-4-7-14)25-15-9-11-26(13-15)18-16(20)8-5-10-22-18/h2-8,10,15H,9,11-13H2,1H3,(H,24,27)(H2,21,23,25). The lowest BCUT2D eigenvalue weighted by Gasteiger charge is -2.19. The molecular weight excluding hydrogens is 347 g/mol. The summed E-state index contributed by atoms with van der Waals surface area (Å²) in [5.41, 5.74) is 0.746. The van der Waals surface area contributed by atoms with E-state index in [9.17, 15) is 9.18 Å². The molecule has 0 saturated carbocycles. The minimum Gasteiger partial charge on any atom is -0.352 e. The van der Waals surface area contributed by atoms with Crippen molar-refractivity contribution in [3.05, 3.63) is 54.5 Å². The van der Waals surface area contributed by atoms with Gasteiger partial charge in [-0.15, -0.1) is 0 Å². The number of nitrogens with zero attached hydrogens (tertiary/aromatic N) is 3. The van der Waals surface area contributed by atoms with Crippen molar-refractivity contribution >= 4 is 23.4 Å². The molecular formula is C19H23FN6O. The molecule has 3 rings (SSSR count). The maximum atomic E-state index is 13.9. The maximum absolute atomic E-state index is 13.9. The number of hydrogen-bond acceptors (Lipinski definition) is 4. The van der Waals surface area contributed by atoms with Crippen molar-refractivity contribution in [2.24, 2.45) is 4.99 Å². The first-order chi connectivity index (χ1) is 13.2. The predicted molar refractivity (Wildman–Crippen MR) is 104 cm³/mol. The highest BCUT2D eigenvalue weighted by atomic mass is 19.1. The molecule has 1 fully saturated rings. The number of pyridine rings is 1. The lowest BCUT2D eigenvalue weighted by molar-refractivity contribution is -0.115. The van der Waals surface area contributed by atoms with Gasteiger partial charge < -0.3 is 20.9 Å². The van der Waals surface area contributed by atoms with Crippen LogP contribution in [0.15, 0.2) is 53.7 Å². The number of aromatic nitrogens is 1. The Kier molecular flexibility index (Phi) is 6.19. The molecule has 7 nitrogen and oxygen atoms in total. The zero-order valence-electron chi connectivity index (χ0n) is 15.2. The largest absolute Gasteiger partial charge is 0.352 e. The molecule has 0 spiro atoms. The maximum Gasteiger partial charge on any atom is 0.243 e. The number of anilines is 2. The van der Waals surface area contributed by atoms with Crippen molar-refractivity contribution in [1.29, 1.82) is 0 Å². The molecule has 1 atom stereocenters. The Morgan fingerprint density at radius 3 is 2.85 bits per heavy atom. The number of benzene rings is 1. The Balaban J connectivity index is 1.47. The number of para-hydroxylation sites is 1. The second-order valence-corrected chi connectivity index (χ2v) is 6.22. The fourth-order valence-electron chi connectivity index (χ4n) is 2.96. The number of hydrogen-bond donors (Lipinski definition) is 3. The van der Waals surface area contributed by atoms with Crippen molar-refractivity contribution in [3.8, 4) is 0 Å². The predicted octanol–water partition coefficient (Wildman–Crippen LogP) is 1.60. The van der Waals surface area contributed by atoms with Gasteiger partial charge in [-0.1, -0.05) is 18.2 Å². The van der Waals surface area contributed by atoms with E-state index in [0.717, 1.165) is 12.1 Å². The summed E-state index contributed by atoms with van der Waals surface area (Å²) in [6, 6.07) is 12.4. The number of carbonyl (C=O) groups is 1. The minimum atomic E-state index is -0.321. The number of rotatable bonds is 5. The van der Waals surface area contributed by atoms with Crippen molar-refractivity contribution in [3.63, 3.8) is 0 Å². The summed E-state index contributed by atoms with van der Waals surface area (Å²) in [6.07, 6.45) is 2.41. The van der Waals surface area contributed by atoms with Crippen LogP contribution in [0.3, 0.4) is 0 Å². The zero-order chi connectivity index (χ0) is 19.1. The molecule has 1 aliphatic heterocycles. The average molecular weight is 370 g/mol. The van der Waals surface area contributed by atoms with E-state index in [2.05, 4.69) is 25.9 Å². The second-order valence-electron chi connectivity index (χ2n) is 6.22. The highest BCUT2D eigenvalue weighted by Crippen LogP contribution is 2.20. The minimum absolute atomic E-state index is 0.0924. The molecule has 0 aliphatic carbocycles. The van der Waals surface area contributed by atoms with Crippen LogP contribution in [-0.4, -0.2) is 49.6 Å². The van der Waals surface area contributed by atoms with Gasteiger partial charge in [0, 0.05) is 38.1 Å². The summed E-state index contributed by atoms with van der Waals surface area (Å²) in [4.78, 5) is 22.2. The molecule has 1 aromatic carbocycles. The summed E-state index contributed by atoms with van der Waals surface area (Å²) >= 11 is 0. The van der Waals surface area contributed by atoms with Crippen molar-refractivity contribution < 1.29 is 9.18 Å². The van der Waals surface area contributed by atoms with E-state index in [-0.39, 0.29) is 24.3 Å². The molecule has 1 aliphatic rings. The Bertz CT molecular complexity index is 798. The summed E-state index contributed by atoms with van der Waals surface area (Å²) < 4.78 is 13.9. The highest BCUT2D eigenvalue weighted by molar-refractivity contribution is 5.95. The monoisotopic (exact) mass is 370 g/mol. The first-order valence-electron chi connectivity index (χ1n) is 8.83. The molecule has 0 radical (unpaired) electrons. The molecule has 1 unspecified atom stereocenters. The third kappa shape index (κ3) is 5.16. The van der Waals surface area contributed by atoms with Gasteiger partial charge in [-0.3, -0.25) is 9.79 Å². The van der Waals surface area contributed by atoms with Gasteiger partial charge in [0.1, 0.15) is 0 Å². The van der Waals surface area contributed by atoms with Gasteiger partial charge in [-0.05, 0) is 30.7 Å². The van der Waals surface area contributed by atoms with Crippen molar-refractivity contribution in [2.45, 2.75) is 12.5 Å². The van der Waals surface area contributed by atoms with Gasteiger partial charge in [0.2, 0.25) is 5.91 Å². The lowest BCUT2D eigenvalue weighted by Crippen LogP contribution is -2.46. The number of nitrogens with one attached hydrogen (secondary N) is 3. The van der Waals surface area contributed by atoms with Crippen LogP contribution in [0.4, 0.5) is 15.9 Å². The van der Waals surface area contributed by atoms with Gasteiger partial charge in [0.15, 0.2) is 17.6 Å². The molecule has 3 N–H and O–H groups in total. The molecule has 1 aromatic heterocycles. The lowest BCUT2D eigenvalue weighted by atomic mass is 10.3. The van der Waals surface area contributed by atoms with E-state index in [1.165, 1.54) is 6.07 Å². The van der Waals surface area contributed by atoms with Crippen molar-refractivity contribution in [1.82, 2.24) is 15.6 Å². The zero-order valence-corrected chi connectivity index (χ0v) is 15.2. The van der Waals surface area contributed by atoms with Crippen molar-refractivity contribution in [2.75, 3.05) is 36.9 Å². The fraction of sp³-hybridized carbons (Fsp3) is 0.316. The Morgan fingerprint density at radius 2 is 2.11 bits per heavy atom. The smallest absolute Gasteiger partial charge is 0.243 e. The van der Waals surface area contributed by atoms with Gasteiger partial charge in [0.05, 0.1) is 6.54 Å². The van der Waals surface area contributed by atoms with Crippen LogP contribution in [0.25, 0.3) is 0 Å².